The topological polar surface area (TPSA) is 51.8 Å². The predicted octanol–water partition coefficient (Wildman–Crippen LogP) is 3.57. The summed E-state index contributed by atoms with van der Waals surface area (Å²) in [4.78, 5) is 3.78. The van der Waals surface area contributed by atoms with Crippen molar-refractivity contribution in [1.82, 2.24) is 15.4 Å². The van der Waals surface area contributed by atoms with E-state index in [2.05, 4.69) is 26.8 Å². The molecular formula is C12H18ClN3O. The van der Waals surface area contributed by atoms with Crippen LogP contribution in [0.1, 0.15) is 26.2 Å². The molecule has 0 aliphatic heterocycles. The zero-order valence-corrected chi connectivity index (χ0v) is 10.8. The van der Waals surface area contributed by atoms with Gasteiger partial charge in [0.25, 0.3) is 0 Å². The molecule has 0 fully saturated rings. The van der Waals surface area contributed by atoms with Crippen LogP contribution in [0.25, 0.3) is 0 Å². The van der Waals surface area contributed by atoms with Crippen molar-refractivity contribution < 1.29 is 4.52 Å². The van der Waals surface area contributed by atoms with Gasteiger partial charge in [0.2, 0.25) is 0 Å². The van der Waals surface area contributed by atoms with Gasteiger partial charge in [0, 0.05) is 23.5 Å². The summed E-state index contributed by atoms with van der Waals surface area (Å²) in [6, 6.07) is 5.72. The van der Waals surface area contributed by atoms with Crippen LogP contribution in [0, 0.1) is 0 Å². The number of rotatable bonds is 3. The van der Waals surface area contributed by atoms with E-state index in [1.54, 1.807) is 12.4 Å². The minimum Gasteiger partial charge on any atom is -0.346 e. The molecule has 0 N–H and O–H groups in total. The first-order valence-corrected chi connectivity index (χ1v) is 6.07. The third-order valence-electron chi connectivity index (χ3n) is 1.59. The van der Waals surface area contributed by atoms with Gasteiger partial charge in [-0.1, -0.05) is 25.8 Å². The van der Waals surface area contributed by atoms with Crippen LogP contribution in [0.3, 0.4) is 0 Å². The summed E-state index contributed by atoms with van der Waals surface area (Å²) in [5, 5.41) is 6.40. The molecule has 0 bridgehead atoms. The van der Waals surface area contributed by atoms with E-state index in [0.717, 1.165) is 5.88 Å². The largest absolute Gasteiger partial charge is 0.346 e. The molecule has 2 aromatic rings. The molecule has 0 unspecified atom stereocenters. The molecule has 2 aromatic heterocycles. The van der Waals surface area contributed by atoms with Gasteiger partial charge in [-0.15, -0.1) is 16.7 Å². The Morgan fingerprint density at radius 1 is 1.06 bits per heavy atom. The molecule has 17 heavy (non-hydrogen) atoms. The van der Waals surface area contributed by atoms with E-state index in [1.165, 1.54) is 31.7 Å². The first-order chi connectivity index (χ1) is 8.41. The first kappa shape index (κ1) is 15.6. The summed E-state index contributed by atoms with van der Waals surface area (Å²) in [5.74, 6) is 0.827. The van der Waals surface area contributed by atoms with Crippen molar-refractivity contribution in [2.45, 2.75) is 26.2 Å². The quantitative estimate of drug-likeness (QED) is 0.622. The molecule has 0 radical (unpaired) electrons. The van der Waals surface area contributed by atoms with Gasteiger partial charge in [0.1, 0.15) is 6.26 Å². The summed E-state index contributed by atoms with van der Waals surface area (Å²) in [5.41, 5.74) is 0. The second-order valence-electron chi connectivity index (χ2n) is 3.01. The van der Waals surface area contributed by atoms with E-state index in [9.17, 15) is 0 Å². The highest BCUT2D eigenvalue weighted by Gasteiger charge is 1.76. The molecule has 94 valence electrons. The van der Waals surface area contributed by atoms with E-state index >= 15 is 0 Å². The molecule has 0 amide bonds. The highest BCUT2D eigenvalue weighted by atomic mass is 35.5. The van der Waals surface area contributed by atoms with Crippen LogP contribution in [0.15, 0.2) is 47.6 Å². The molecule has 0 aliphatic rings. The zero-order valence-electron chi connectivity index (χ0n) is 10.00. The molecule has 4 nitrogen and oxygen atoms in total. The number of hydrogen-bond acceptors (Lipinski definition) is 4. The average molecular weight is 256 g/mol. The molecule has 0 atom stereocenters. The fourth-order valence-electron chi connectivity index (χ4n) is 0.793. The van der Waals surface area contributed by atoms with Crippen LogP contribution in [0.5, 0.6) is 0 Å². The summed E-state index contributed by atoms with van der Waals surface area (Å²) in [6.07, 6.45) is 10.1. The Morgan fingerprint density at radius 2 is 1.82 bits per heavy atom. The number of unbranched alkanes of at least 4 members (excludes halogenated alkanes) is 2. The lowest BCUT2D eigenvalue weighted by Crippen LogP contribution is -1.70. The minimum absolute atomic E-state index is 0.827. The Balaban J connectivity index is 0.000000227. The summed E-state index contributed by atoms with van der Waals surface area (Å²) < 4.78 is 4.22. The highest BCUT2D eigenvalue weighted by Crippen LogP contribution is 1.93. The predicted molar refractivity (Wildman–Crippen MR) is 68.8 cm³/mol. The van der Waals surface area contributed by atoms with Crippen LogP contribution < -0.4 is 0 Å². The number of pyridine rings is 1. The fraction of sp³-hybridized carbons (Fsp3) is 0.417. The van der Waals surface area contributed by atoms with Gasteiger partial charge in [-0.3, -0.25) is 4.98 Å². The molecule has 0 saturated carbocycles. The van der Waals surface area contributed by atoms with E-state index in [-0.39, 0.29) is 0 Å². The maximum Gasteiger partial charge on any atom is 0.144 e. The lowest BCUT2D eigenvalue weighted by atomic mass is 10.3. The minimum atomic E-state index is 0.827. The van der Waals surface area contributed by atoms with E-state index in [1.807, 2.05) is 18.2 Å². The molecule has 2 heterocycles. The molecule has 0 spiro atoms. The van der Waals surface area contributed by atoms with Gasteiger partial charge in [-0.05, 0) is 18.6 Å². The third kappa shape index (κ3) is 14.6. The van der Waals surface area contributed by atoms with Crippen LogP contribution in [0.2, 0.25) is 0 Å². The van der Waals surface area contributed by atoms with Crippen molar-refractivity contribution in [3.8, 4) is 0 Å². The van der Waals surface area contributed by atoms with Crippen molar-refractivity contribution in [3.05, 3.63) is 43.1 Å². The van der Waals surface area contributed by atoms with E-state index in [0.29, 0.717) is 0 Å². The van der Waals surface area contributed by atoms with Crippen LogP contribution in [0.4, 0.5) is 0 Å². The molecule has 2 rings (SSSR count). The molecule has 5 heteroatoms. The van der Waals surface area contributed by atoms with Crippen LogP contribution in [-0.2, 0) is 0 Å². The molecular weight excluding hydrogens is 238 g/mol. The second kappa shape index (κ2) is 14.6. The van der Waals surface area contributed by atoms with Crippen molar-refractivity contribution in [1.29, 1.82) is 0 Å². The van der Waals surface area contributed by atoms with Gasteiger partial charge >= 0.3 is 0 Å². The zero-order chi connectivity index (χ0) is 12.6. The first-order valence-electron chi connectivity index (χ1n) is 5.53. The van der Waals surface area contributed by atoms with Gasteiger partial charge in [0.05, 0.1) is 6.20 Å². The maximum atomic E-state index is 5.38. The number of aromatic nitrogens is 3. The number of alkyl halides is 1. The third-order valence-corrected chi connectivity index (χ3v) is 1.85. The van der Waals surface area contributed by atoms with Crippen molar-refractivity contribution in [2.75, 3.05) is 5.88 Å². The summed E-state index contributed by atoms with van der Waals surface area (Å²) in [6.45, 7) is 2.17. The Labute approximate surface area is 107 Å². The van der Waals surface area contributed by atoms with Gasteiger partial charge in [-0.25, -0.2) is 0 Å². The number of nitrogens with zero attached hydrogens (tertiary/aromatic N) is 3. The SMILES string of the molecule is CCCCCCl.c1ccncc1.c1conn1. The Morgan fingerprint density at radius 3 is 2.00 bits per heavy atom. The van der Waals surface area contributed by atoms with E-state index in [4.69, 9.17) is 11.6 Å². The molecule has 0 aliphatic carbocycles. The normalized spacial score (nSPS) is 8.35. The maximum absolute atomic E-state index is 5.38. The summed E-state index contributed by atoms with van der Waals surface area (Å²) >= 11 is 5.38. The summed E-state index contributed by atoms with van der Waals surface area (Å²) in [7, 11) is 0. The number of hydrogen-bond donors (Lipinski definition) is 0. The number of halogens is 1. The average Bonchev–Trinajstić information content (AvgIpc) is 2.98. The Hall–Kier alpha value is -1.42. The van der Waals surface area contributed by atoms with Gasteiger partial charge in [0.15, 0.2) is 0 Å². The van der Waals surface area contributed by atoms with Crippen LogP contribution in [-0.4, -0.2) is 21.2 Å². The van der Waals surface area contributed by atoms with Gasteiger partial charge < -0.3 is 4.52 Å². The van der Waals surface area contributed by atoms with Crippen LogP contribution >= 0.6 is 11.6 Å². The fourth-order valence-corrected chi connectivity index (χ4v) is 0.982. The standard InChI is InChI=1S/C5H11Cl.C5H5N.C2H2N2O/c1-2-3-4-5-6;1-2-4-6-5-3-1;1-2-5-4-3-1/h2-5H2,1H3;1-5H;1-2H. The second-order valence-corrected chi connectivity index (χ2v) is 3.39. The molecule has 0 saturated heterocycles. The molecule has 0 aromatic carbocycles. The Bertz CT molecular complexity index is 255. The van der Waals surface area contributed by atoms with Crippen molar-refractivity contribution in [3.63, 3.8) is 0 Å². The monoisotopic (exact) mass is 255 g/mol. The van der Waals surface area contributed by atoms with E-state index < -0.39 is 0 Å². The van der Waals surface area contributed by atoms with Crippen molar-refractivity contribution in [2.24, 2.45) is 0 Å². The highest BCUT2D eigenvalue weighted by molar-refractivity contribution is 6.17. The smallest absolute Gasteiger partial charge is 0.144 e. The Kier molecular flexibility index (Phi) is 13.4. The van der Waals surface area contributed by atoms with Crippen molar-refractivity contribution >= 4 is 11.6 Å². The lowest BCUT2D eigenvalue weighted by molar-refractivity contribution is 0.393. The van der Waals surface area contributed by atoms with Gasteiger partial charge in [-0.2, -0.15) is 0 Å². The lowest BCUT2D eigenvalue weighted by Gasteiger charge is -1.84.